The fraction of sp³-hybridized carbons (Fsp3) is 0.722. The fourth-order valence-corrected chi connectivity index (χ4v) is 7.80. The second kappa shape index (κ2) is 5.99. The van der Waals surface area contributed by atoms with Crippen LogP contribution in [0.5, 0.6) is 0 Å². The van der Waals surface area contributed by atoms with Crippen LogP contribution in [0, 0.1) is 11.3 Å². The van der Waals surface area contributed by atoms with Gasteiger partial charge >= 0.3 is 0 Å². The van der Waals surface area contributed by atoms with E-state index in [4.69, 9.17) is 25.6 Å². The van der Waals surface area contributed by atoms with Gasteiger partial charge in [-0.25, -0.2) is 15.0 Å². The summed E-state index contributed by atoms with van der Waals surface area (Å²) in [7, 11) is -2.72. The molecule has 3 fully saturated rings. The maximum Gasteiger partial charge on any atom is 0.200 e. The molecule has 0 N–H and O–H groups in total. The number of imidazole rings is 1. The molecule has 2 aromatic heterocycles. The summed E-state index contributed by atoms with van der Waals surface area (Å²) in [4.78, 5) is 12.8. The molecule has 1 aliphatic heterocycles. The van der Waals surface area contributed by atoms with Crippen LogP contribution < -0.4 is 0 Å². The Bertz CT molecular complexity index is 997. The first-order valence-electron chi connectivity index (χ1n) is 9.57. The molecule has 28 heavy (non-hydrogen) atoms. The Morgan fingerprint density at radius 2 is 2.14 bits per heavy atom. The van der Waals surface area contributed by atoms with Gasteiger partial charge in [-0.3, -0.25) is 4.57 Å². The number of nitrogens with zero attached hydrogens (tertiary/aromatic N) is 4. The summed E-state index contributed by atoms with van der Waals surface area (Å²) in [5.41, 5.74) is 1.05. The average Bonchev–Trinajstić information content (AvgIpc) is 2.87. The van der Waals surface area contributed by atoms with Gasteiger partial charge in [0.25, 0.3) is 0 Å². The maximum atomic E-state index is 13.0. The zero-order valence-corrected chi connectivity index (χ0v) is 18.0. The molecule has 5 rings (SSSR count). The van der Waals surface area contributed by atoms with Crippen molar-refractivity contribution < 1.29 is 18.6 Å². The highest BCUT2D eigenvalue weighted by atomic mass is 35.5. The van der Waals surface area contributed by atoms with Crippen molar-refractivity contribution in [3.8, 4) is 0 Å². The monoisotopic (exact) mass is 426 g/mol. The lowest BCUT2D eigenvalue weighted by Crippen LogP contribution is -2.33. The van der Waals surface area contributed by atoms with Gasteiger partial charge in [0.15, 0.2) is 16.6 Å². The molecule has 3 heterocycles. The Kier molecular flexibility index (Phi) is 4.05. The second-order valence-corrected chi connectivity index (χ2v) is 11.6. The predicted octanol–water partition coefficient (Wildman–Crippen LogP) is 3.51. The van der Waals surface area contributed by atoms with E-state index >= 15 is 0 Å². The van der Waals surface area contributed by atoms with Gasteiger partial charge in [0.05, 0.1) is 25.1 Å². The minimum absolute atomic E-state index is 0.00984. The fourth-order valence-electron chi connectivity index (χ4n) is 5.37. The minimum Gasteiger partial charge on any atom is -0.344 e. The smallest absolute Gasteiger partial charge is 0.200 e. The van der Waals surface area contributed by atoms with Crippen LogP contribution in [0.15, 0.2) is 12.7 Å². The molecule has 1 unspecified atom stereocenters. The number of fused-ring (bicyclic) bond motifs is 4. The first-order chi connectivity index (χ1) is 13.2. The summed E-state index contributed by atoms with van der Waals surface area (Å²) in [5.74, 6) is -0.431. The molecule has 1 saturated heterocycles. The summed E-state index contributed by atoms with van der Waals surface area (Å²) < 4.78 is 33.3. The molecule has 0 spiro atoms. The van der Waals surface area contributed by atoms with Gasteiger partial charge in [-0.15, -0.1) is 0 Å². The van der Waals surface area contributed by atoms with Gasteiger partial charge in [0.1, 0.15) is 17.9 Å². The zero-order chi connectivity index (χ0) is 19.9. The molecule has 0 bridgehead atoms. The summed E-state index contributed by atoms with van der Waals surface area (Å²) in [5, 5.41) is 0.332. The third-order valence-corrected chi connectivity index (χ3v) is 8.49. The molecule has 6 atom stereocenters. The first-order valence-corrected chi connectivity index (χ1v) is 12.2. The van der Waals surface area contributed by atoms with Crippen molar-refractivity contribution >= 4 is 30.1 Å². The van der Waals surface area contributed by atoms with E-state index in [0.29, 0.717) is 29.1 Å². The molecule has 0 amide bonds. The Labute approximate surface area is 168 Å². The van der Waals surface area contributed by atoms with E-state index in [1.54, 1.807) is 13.0 Å². The number of halogens is 1. The Morgan fingerprint density at radius 3 is 2.89 bits per heavy atom. The topological polar surface area (TPSA) is 88.4 Å². The second-order valence-electron chi connectivity index (χ2n) is 8.63. The minimum atomic E-state index is -2.72. The van der Waals surface area contributed by atoms with Crippen LogP contribution in [-0.4, -0.2) is 56.9 Å². The molecule has 0 aromatic carbocycles. The van der Waals surface area contributed by atoms with Crippen LogP contribution in [0.1, 0.15) is 33.2 Å². The van der Waals surface area contributed by atoms with E-state index in [2.05, 4.69) is 15.0 Å². The number of ether oxygens (including phenoxy) is 2. The Morgan fingerprint density at radius 1 is 1.36 bits per heavy atom. The number of aromatic nitrogens is 4. The van der Waals surface area contributed by atoms with Gasteiger partial charge in [-0.2, -0.15) is 0 Å². The van der Waals surface area contributed by atoms with Crippen molar-refractivity contribution in [3.05, 3.63) is 17.8 Å². The van der Waals surface area contributed by atoms with Crippen molar-refractivity contribution in [2.45, 2.75) is 51.2 Å². The van der Waals surface area contributed by atoms with Gasteiger partial charge in [-0.05, 0) is 33.1 Å². The van der Waals surface area contributed by atoms with E-state index in [1.807, 2.05) is 25.3 Å². The highest BCUT2D eigenvalue weighted by molar-refractivity contribution is 7.58. The Hall–Kier alpha value is -1.05. The lowest BCUT2D eigenvalue weighted by Gasteiger charge is -2.25. The highest BCUT2D eigenvalue weighted by Gasteiger charge is 2.76. The molecule has 2 aromatic rings. The number of rotatable bonds is 5. The van der Waals surface area contributed by atoms with E-state index in [9.17, 15) is 4.57 Å². The third kappa shape index (κ3) is 2.69. The number of hydrogen-bond donors (Lipinski definition) is 0. The summed E-state index contributed by atoms with van der Waals surface area (Å²) in [6.45, 7) is 7.89. The van der Waals surface area contributed by atoms with E-state index in [1.165, 1.54) is 6.33 Å². The van der Waals surface area contributed by atoms with Crippen molar-refractivity contribution in [3.63, 3.8) is 0 Å². The maximum absolute atomic E-state index is 13.0. The van der Waals surface area contributed by atoms with Crippen molar-refractivity contribution in [2.24, 2.45) is 11.3 Å². The molecule has 3 aliphatic rings. The van der Waals surface area contributed by atoms with Gasteiger partial charge in [-0.1, -0.05) is 11.6 Å². The molecule has 2 saturated carbocycles. The lowest BCUT2D eigenvalue weighted by atomic mass is 10.0. The van der Waals surface area contributed by atoms with Crippen LogP contribution in [0.3, 0.4) is 0 Å². The van der Waals surface area contributed by atoms with Crippen LogP contribution in [0.25, 0.3) is 11.2 Å². The average molecular weight is 427 g/mol. The molecule has 10 heteroatoms. The van der Waals surface area contributed by atoms with Crippen LogP contribution >= 0.6 is 19.0 Å². The summed E-state index contributed by atoms with van der Waals surface area (Å²) in [6.07, 6.45) is 4.31. The molecular formula is C18H24ClN4O4P. The lowest BCUT2D eigenvalue weighted by molar-refractivity contribution is -0.160. The Balaban J connectivity index is 1.57. The molecule has 8 nitrogen and oxygen atoms in total. The highest BCUT2D eigenvalue weighted by Crippen LogP contribution is 2.75. The first kappa shape index (κ1) is 18.9. The van der Waals surface area contributed by atoms with Crippen LogP contribution in [-0.2, 0) is 18.6 Å². The van der Waals surface area contributed by atoms with Crippen molar-refractivity contribution in [1.29, 1.82) is 0 Å². The third-order valence-electron chi connectivity index (χ3n) is 6.24. The molecule has 0 radical (unpaired) electrons. The van der Waals surface area contributed by atoms with Crippen LogP contribution in [0.4, 0.5) is 0 Å². The van der Waals surface area contributed by atoms with Crippen molar-refractivity contribution in [2.75, 3.05) is 19.4 Å². The normalized spacial score (nSPS) is 37.6. The van der Waals surface area contributed by atoms with E-state index in [-0.39, 0.29) is 29.6 Å². The SMILES string of the molecule is CCOP(C)(=O)C[C@@]12C[C@@H]1[C@@H](n1cnc3c(Cl)ncnc31)[C@@H]1OC(C)(C)O[C@@H]12. The van der Waals surface area contributed by atoms with Crippen LogP contribution in [0.2, 0.25) is 5.15 Å². The van der Waals surface area contributed by atoms with E-state index < -0.39 is 13.2 Å². The van der Waals surface area contributed by atoms with Gasteiger partial charge < -0.3 is 18.6 Å². The van der Waals surface area contributed by atoms with E-state index in [0.717, 1.165) is 6.42 Å². The van der Waals surface area contributed by atoms with Gasteiger partial charge in [0, 0.05) is 18.2 Å². The quantitative estimate of drug-likeness (QED) is 0.534. The largest absolute Gasteiger partial charge is 0.344 e. The molecular weight excluding hydrogens is 403 g/mol. The van der Waals surface area contributed by atoms with Gasteiger partial charge in [0.2, 0.25) is 7.37 Å². The predicted molar refractivity (Wildman–Crippen MR) is 104 cm³/mol. The molecule has 2 aliphatic carbocycles. The summed E-state index contributed by atoms with van der Waals surface area (Å²) in [6, 6.07) is -0.00984. The zero-order valence-electron chi connectivity index (χ0n) is 16.3. The molecule has 152 valence electrons. The van der Waals surface area contributed by atoms with Crippen molar-refractivity contribution in [1.82, 2.24) is 19.5 Å². The summed E-state index contributed by atoms with van der Waals surface area (Å²) >= 11 is 6.19. The number of hydrogen-bond acceptors (Lipinski definition) is 7. The standard InChI is InChI=1S/C18H24ClN4O4P/c1-5-25-28(4,24)7-18-6-10(18)12(13-14(18)27-17(2,3)26-13)23-9-22-11-15(19)20-8-21-16(11)23/h8-10,12-14H,5-7H2,1-4H3/t10-,12-,13+,14+,18+,28?/m1/s1.